The molecule has 3 heterocycles. The Kier molecular flexibility index (Phi) is 5.37. The molecule has 6 heteroatoms. The molecule has 24 heavy (non-hydrogen) atoms. The zero-order valence-electron chi connectivity index (χ0n) is 14.4. The molecule has 1 fully saturated rings. The highest BCUT2D eigenvalue weighted by Crippen LogP contribution is 2.14. The van der Waals surface area contributed by atoms with Crippen molar-refractivity contribution in [1.29, 1.82) is 0 Å². The van der Waals surface area contributed by atoms with Gasteiger partial charge in [0.2, 0.25) is 0 Å². The van der Waals surface area contributed by atoms with E-state index in [-0.39, 0.29) is 5.56 Å². The fourth-order valence-electron chi connectivity index (χ4n) is 3.08. The number of H-pyrrole nitrogens is 1. The summed E-state index contributed by atoms with van der Waals surface area (Å²) in [4.78, 5) is 28.4. The van der Waals surface area contributed by atoms with E-state index in [0.29, 0.717) is 18.4 Å². The standard InChI is InChI=1S/C18H25N5O/c1-3-14(2)23-9-7-22(8-10-23)13-16-11-17(24)21-18(20-16)15-5-4-6-19-12-15/h4-6,11-12,14H,3,7-10,13H2,1-2H3,(H,20,21,24). The number of pyridine rings is 1. The second-order valence-corrected chi connectivity index (χ2v) is 6.40. The van der Waals surface area contributed by atoms with Gasteiger partial charge in [-0.1, -0.05) is 6.92 Å². The lowest BCUT2D eigenvalue weighted by Gasteiger charge is -2.37. The first-order chi connectivity index (χ1) is 11.7. The molecule has 1 N–H and O–H groups in total. The molecule has 2 aromatic heterocycles. The van der Waals surface area contributed by atoms with Gasteiger partial charge in [-0.25, -0.2) is 4.98 Å². The molecule has 2 aromatic rings. The van der Waals surface area contributed by atoms with Gasteiger partial charge >= 0.3 is 0 Å². The number of nitrogens with one attached hydrogen (secondary N) is 1. The summed E-state index contributed by atoms with van der Waals surface area (Å²) in [6.45, 7) is 9.42. The largest absolute Gasteiger partial charge is 0.306 e. The summed E-state index contributed by atoms with van der Waals surface area (Å²) in [6, 6.07) is 5.99. The molecule has 1 aliphatic rings. The number of nitrogens with zero attached hydrogens (tertiary/aromatic N) is 4. The molecule has 0 amide bonds. The Morgan fingerprint density at radius 3 is 2.75 bits per heavy atom. The molecule has 0 aliphatic carbocycles. The third-order valence-corrected chi connectivity index (χ3v) is 4.74. The highest BCUT2D eigenvalue weighted by molar-refractivity contribution is 5.52. The Morgan fingerprint density at radius 2 is 2.08 bits per heavy atom. The van der Waals surface area contributed by atoms with Gasteiger partial charge in [0.05, 0.1) is 5.69 Å². The van der Waals surface area contributed by atoms with Crippen LogP contribution in [0, 0.1) is 0 Å². The first-order valence-electron chi connectivity index (χ1n) is 8.62. The summed E-state index contributed by atoms with van der Waals surface area (Å²) in [6.07, 6.45) is 4.61. The summed E-state index contributed by atoms with van der Waals surface area (Å²) >= 11 is 0. The topological polar surface area (TPSA) is 65.1 Å². The fraction of sp³-hybridized carbons (Fsp3) is 0.500. The molecule has 1 saturated heterocycles. The Morgan fingerprint density at radius 1 is 1.29 bits per heavy atom. The Labute approximate surface area is 142 Å². The van der Waals surface area contributed by atoms with Crippen molar-refractivity contribution in [2.45, 2.75) is 32.9 Å². The lowest BCUT2D eigenvalue weighted by Crippen LogP contribution is -2.49. The molecule has 0 saturated carbocycles. The van der Waals surface area contributed by atoms with E-state index in [1.54, 1.807) is 18.5 Å². The van der Waals surface area contributed by atoms with Gasteiger partial charge in [-0.2, -0.15) is 0 Å². The van der Waals surface area contributed by atoms with Crippen LogP contribution in [0.15, 0.2) is 35.4 Å². The summed E-state index contributed by atoms with van der Waals surface area (Å²) in [7, 11) is 0. The van der Waals surface area contributed by atoms with E-state index in [9.17, 15) is 4.79 Å². The second kappa shape index (κ2) is 7.68. The first-order valence-corrected chi connectivity index (χ1v) is 8.62. The van der Waals surface area contributed by atoms with Crippen LogP contribution in [0.1, 0.15) is 26.0 Å². The van der Waals surface area contributed by atoms with Gasteiger partial charge in [0.15, 0.2) is 0 Å². The van der Waals surface area contributed by atoms with Crippen LogP contribution in [0.4, 0.5) is 0 Å². The van der Waals surface area contributed by atoms with Gasteiger partial charge in [0.25, 0.3) is 5.56 Å². The Balaban J connectivity index is 1.68. The van der Waals surface area contributed by atoms with Gasteiger partial charge in [0.1, 0.15) is 5.82 Å². The van der Waals surface area contributed by atoms with E-state index in [0.717, 1.165) is 37.4 Å². The van der Waals surface area contributed by atoms with Crippen molar-refractivity contribution >= 4 is 0 Å². The van der Waals surface area contributed by atoms with Crippen LogP contribution in [0.2, 0.25) is 0 Å². The molecule has 1 aliphatic heterocycles. The van der Waals surface area contributed by atoms with Crippen molar-refractivity contribution in [2.24, 2.45) is 0 Å². The van der Waals surface area contributed by atoms with Crippen LogP contribution in [-0.2, 0) is 6.54 Å². The lowest BCUT2D eigenvalue weighted by atomic mass is 10.2. The number of aromatic amines is 1. The zero-order chi connectivity index (χ0) is 16.9. The summed E-state index contributed by atoms with van der Waals surface area (Å²) in [5.74, 6) is 0.587. The molecule has 0 aromatic carbocycles. The second-order valence-electron chi connectivity index (χ2n) is 6.40. The van der Waals surface area contributed by atoms with Crippen molar-refractivity contribution in [3.05, 3.63) is 46.6 Å². The van der Waals surface area contributed by atoms with Crippen LogP contribution in [0.5, 0.6) is 0 Å². The van der Waals surface area contributed by atoms with E-state index in [1.807, 2.05) is 12.1 Å². The minimum Gasteiger partial charge on any atom is -0.306 e. The minimum absolute atomic E-state index is 0.114. The van der Waals surface area contributed by atoms with Crippen molar-refractivity contribution in [3.8, 4) is 11.4 Å². The number of piperazine rings is 1. The zero-order valence-corrected chi connectivity index (χ0v) is 14.4. The van der Waals surface area contributed by atoms with Crippen LogP contribution < -0.4 is 5.56 Å². The van der Waals surface area contributed by atoms with E-state index >= 15 is 0 Å². The third kappa shape index (κ3) is 4.07. The quantitative estimate of drug-likeness (QED) is 0.906. The smallest absolute Gasteiger partial charge is 0.251 e. The fourth-order valence-corrected chi connectivity index (χ4v) is 3.08. The maximum atomic E-state index is 12.0. The normalized spacial score (nSPS) is 17.8. The SMILES string of the molecule is CCC(C)N1CCN(Cc2cc(=O)[nH]c(-c3cccnc3)n2)CC1. The van der Waals surface area contributed by atoms with Crippen LogP contribution >= 0.6 is 0 Å². The van der Waals surface area contributed by atoms with E-state index < -0.39 is 0 Å². The lowest BCUT2D eigenvalue weighted by molar-refractivity contribution is 0.0956. The molecule has 128 valence electrons. The average Bonchev–Trinajstić information content (AvgIpc) is 2.62. The van der Waals surface area contributed by atoms with Gasteiger partial charge in [-0.15, -0.1) is 0 Å². The van der Waals surface area contributed by atoms with E-state index in [2.05, 4.69) is 38.6 Å². The van der Waals surface area contributed by atoms with Gasteiger partial charge < -0.3 is 4.98 Å². The van der Waals surface area contributed by atoms with Crippen LogP contribution in [0.25, 0.3) is 11.4 Å². The number of hydrogen-bond donors (Lipinski definition) is 1. The molecule has 3 rings (SSSR count). The van der Waals surface area contributed by atoms with Crippen LogP contribution in [0.3, 0.4) is 0 Å². The monoisotopic (exact) mass is 327 g/mol. The molecule has 1 unspecified atom stereocenters. The predicted octanol–water partition coefficient (Wildman–Crippen LogP) is 1.75. The summed E-state index contributed by atoms with van der Waals surface area (Å²) < 4.78 is 0. The molecular weight excluding hydrogens is 302 g/mol. The Bertz CT molecular complexity index is 707. The van der Waals surface area contributed by atoms with Crippen molar-refractivity contribution in [1.82, 2.24) is 24.8 Å². The molecule has 1 atom stereocenters. The predicted molar refractivity (Wildman–Crippen MR) is 94.7 cm³/mol. The molecule has 0 spiro atoms. The third-order valence-electron chi connectivity index (χ3n) is 4.74. The minimum atomic E-state index is -0.114. The number of rotatable bonds is 5. The van der Waals surface area contributed by atoms with Gasteiger partial charge in [-0.05, 0) is 25.5 Å². The highest BCUT2D eigenvalue weighted by Gasteiger charge is 2.20. The van der Waals surface area contributed by atoms with Crippen molar-refractivity contribution in [2.75, 3.05) is 26.2 Å². The van der Waals surface area contributed by atoms with Crippen molar-refractivity contribution in [3.63, 3.8) is 0 Å². The Hall–Kier alpha value is -2.05. The van der Waals surface area contributed by atoms with E-state index in [4.69, 9.17) is 0 Å². The average molecular weight is 327 g/mol. The molecule has 0 radical (unpaired) electrons. The summed E-state index contributed by atoms with van der Waals surface area (Å²) in [5, 5.41) is 0. The maximum absolute atomic E-state index is 12.0. The number of hydrogen-bond acceptors (Lipinski definition) is 5. The van der Waals surface area contributed by atoms with E-state index in [1.165, 1.54) is 6.42 Å². The molecule has 6 nitrogen and oxygen atoms in total. The molecular formula is C18H25N5O. The number of aromatic nitrogens is 3. The molecule has 0 bridgehead atoms. The van der Waals surface area contributed by atoms with Gasteiger partial charge in [0, 0.05) is 62.8 Å². The highest BCUT2D eigenvalue weighted by atomic mass is 16.1. The van der Waals surface area contributed by atoms with Crippen molar-refractivity contribution < 1.29 is 0 Å². The first kappa shape index (κ1) is 16.8. The van der Waals surface area contributed by atoms with Gasteiger partial charge in [-0.3, -0.25) is 19.6 Å². The maximum Gasteiger partial charge on any atom is 0.251 e. The van der Waals surface area contributed by atoms with Crippen LogP contribution in [-0.4, -0.2) is 57.0 Å². The summed E-state index contributed by atoms with van der Waals surface area (Å²) in [5.41, 5.74) is 1.53.